The lowest BCUT2D eigenvalue weighted by atomic mass is 10.2. The Bertz CT molecular complexity index is 321. The fraction of sp³-hybridized carbons (Fsp3) is 0.364. The van der Waals surface area contributed by atoms with Crippen LogP contribution in [-0.2, 0) is 0 Å². The molecule has 0 saturated carbocycles. The molecule has 0 atom stereocenters. The van der Waals surface area contributed by atoms with E-state index >= 15 is 0 Å². The van der Waals surface area contributed by atoms with Crippen LogP contribution in [0.4, 0.5) is 10.5 Å². The molecule has 0 aliphatic heterocycles. The third kappa shape index (κ3) is 3.59. The number of aryl methyl sites for hydroxylation is 1. The molecule has 0 heterocycles. The number of anilines is 1. The molecule has 0 radical (unpaired) electrons. The highest BCUT2D eigenvalue weighted by Crippen LogP contribution is 2.08. The summed E-state index contributed by atoms with van der Waals surface area (Å²) < 4.78 is 0. The summed E-state index contributed by atoms with van der Waals surface area (Å²) in [6.45, 7) is 4.52. The Labute approximate surface area is 90.0 Å². The zero-order valence-corrected chi connectivity index (χ0v) is 9.16. The highest BCUT2D eigenvalue weighted by atomic mass is 16.2. The number of amides is 2. The Morgan fingerprint density at radius 2 is 2.00 bits per heavy atom. The topological polar surface area (TPSA) is 58.4 Å². The third-order valence-corrected chi connectivity index (χ3v) is 2.03. The molecule has 15 heavy (non-hydrogen) atoms. The van der Waals surface area contributed by atoms with Crippen molar-refractivity contribution in [3.05, 3.63) is 29.8 Å². The number of nitrogens with one attached hydrogen (secondary N) is 1. The van der Waals surface area contributed by atoms with E-state index in [2.05, 4.69) is 5.32 Å². The smallest absolute Gasteiger partial charge is 0.307 e. The van der Waals surface area contributed by atoms with Gasteiger partial charge in [-0.25, -0.2) is 10.6 Å². The molecule has 4 nitrogen and oxygen atoms in total. The van der Waals surface area contributed by atoms with Gasteiger partial charge in [-0.2, -0.15) is 0 Å². The summed E-state index contributed by atoms with van der Waals surface area (Å²) in [6, 6.07) is 7.31. The number of hydrogen-bond donors (Lipinski definition) is 2. The van der Waals surface area contributed by atoms with Crippen LogP contribution in [-0.4, -0.2) is 17.6 Å². The van der Waals surface area contributed by atoms with E-state index in [9.17, 15) is 4.79 Å². The Morgan fingerprint density at radius 1 is 1.40 bits per heavy atom. The van der Waals surface area contributed by atoms with Gasteiger partial charge in [0.05, 0.1) is 0 Å². The number of urea groups is 1. The van der Waals surface area contributed by atoms with Gasteiger partial charge in [-0.1, -0.05) is 24.6 Å². The highest BCUT2D eigenvalue weighted by Gasteiger charge is 2.07. The Morgan fingerprint density at radius 3 is 2.53 bits per heavy atom. The van der Waals surface area contributed by atoms with E-state index in [0.717, 1.165) is 17.7 Å². The summed E-state index contributed by atoms with van der Waals surface area (Å²) in [4.78, 5) is 11.5. The van der Waals surface area contributed by atoms with E-state index in [0.29, 0.717) is 6.54 Å². The number of nitrogens with two attached hydrogens (primary N) is 1. The second kappa shape index (κ2) is 5.36. The summed E-state index contributed by atoms with van der Waals surface area (Å²) in [5.41, 5.74) is 1.92. The monoisotopic (exact) mass is 207 g/mol. The first kappa shape index (κ1) is 11.5. The Kier molecular flexibility index (Phi) is 4.12. The summed E-state index contributed by atoms with van der Waals surface area (Å²) in [7, 11) is 0. The lowest BCUT2D eigenvalue weighted by molar-refractivity contribution is 0.213. The van der Waals surface area contributed by atoms with E-state index in [1.807, 2.05) is 38.1 Å². The summed E-state index contributed by atoms with van der Waals surface area (Å²) in [6.07, 6.45) is 0.845. The molecule has 0 fully saturated rings. The molecule has 0 aromatic heterocycles. The maximum absolute atomic E-state index is 11.5. The average molecular weight is 207 g/mol. The molecule has 82 valence electrons. The van der Waals surface area contributed by atoms with Gasteiger partial charge >= 0.3 is 6.03 Å². The van der Waals surface area contributed by atoms with Crippen LogP contribution >= 0.6 is 0 Å². The van der Waals surface area contributed by atoms with Gasteiger partial charge < -0.3 is 5.32 Å². The van der Waals surface area contributed by atoms with E-state index in [1.54, 1.807) is 0 Å². The second-order valence-electron chi connectivity index (χ2n) is 3.49. The van der Waals surface area contributed by atoms with Crippen molar-refractivity contribution in [1.29, 1.82) is 0 Å². The van der Waals surface area contributed by atoms with Crippen LogP contribution in [0.25, 0.3) is 0 Å². The first-order chi connectivity index (χ1) is 7.13. The minimum Gasteiger partial charge on any atom is -0.307 e. The number of carbonyl (C=O) groups excluding carboxylic acids is 1. The van der Waals surface area contributed by atoms with E-state index in [4.69, 9.17) is 5.84 Å². The molecule has 2 amide bonds. The van der Waals surface area contributed by atoms with Crippen LogP contribution in [0.3, 0.4) is 0 Å². The molecule has 0 unspecified atom stereocenters. The quantitative estimate of drug-likeness (QED) is 0.453. The van der Waals surface area contributed by atoms with Gasteiger partial charge in [0.15, 0.2) is 0 Å². The van der Waals surface area contributed by atoms with Gasteiger partial charge in [0.1, 0.15) is 0 Å². The van der Waals surface area contributed by atoms with Crippen LogP contribution < -0.4 is 11.2 Å². The number of benzene rings is 1. The zero-order valence-electron chi connectivity index (χ0n) is 9.16. The second-order valence-corrected chi connectivity index (χ2v) is 3.49. The fourth-order valence-corrected chi connectivity index (χ4v) is 1.17. The first-order valence-electron chi connectivity index (χ1n) is 5.03. The molecule has 3 N–H and O–H groups in total. The zero-order chi connectivity index (χ0) is 11.3. The first-order valence-corrected chi connectivity index (χ1v) is 5.03. The van der Waals surface area contributed by atoms with Gasteiger partial charge in [-0.15, -0.1) is 0 Å². The number of rotatable bonds is 3. The number of nitrogens with zero attached hydrogens (tertiary/aromatic N) is 1. The van der Waals surface area contributed by atoms with E-state index in [1.165, 1.54) is 5.01 Å². The van der Waals surface area contributed by atoms with Crippen LogP contribution in [0.5, 0.6) is 0 Å². The minimum absolute atomic E-state index is 0.277. The number of carbonyl (C=O) groups is 1. The molecule has 0 saturated heterocycles. The molecule has 1 aromatic rings. The molecule has 1 rings (SSSR count). The average Bonchev–Trinajstić information content (AvgIpc) is 2.22. The van der Waals surface area contributed by atoms with Crippen molar-refractivity contribution in [3.63, 3.8) is 0 Å². The molecule has 4 heteroatoms. The standard InChI is InChI=1S/C11H17N3O/c1-3-8-14(12)11(15)13-10-6-4-9(2)5-7-10/h4-7H,3,8,12H2,1-2H3,(H,13,15). The van der Waals surface area contributed by atoms with Crippen molar-refractivity contribution >= 4 is 11.7 Å². The van der Waals surface area contributed by atoms with Gasteiger partial charge in [0.25, 0.3) is 0 Å². The molecule has 1 aromatic carbocycles. The SMILES string of the molecule is CCCN(N)C(=O)Nc1ccc(C)cc1. The Balaban J connectivity index is 2.54. The largest absolute Gasteiger partial charge is 0.335 e. The highest BCUT2D eigenvalue weighted by molar-refractivity contribution is 5.88. The number of hydrazine groups is 1. The van der Waals surface area contributed by atoms with Crippen molar-refractivity contribution in [1.82, 2.24) is 5.01 Å². The molecule has 0 aliphatic carbocycles. The van der Waals surface area contributed by atoms with Gasteiger partial charge in [-0.3, -0.25) is 5.01 Å². The molecule has 0 aliphatic rings. The lowest BCUT2D eigenvalue weighted by Gasteiger charge is -2.16. The third-order valence-electron chi connectivity index (χ3n) is 2.03. The minimum atomic E-state index is -0.277. The summed E-state index contributed by atoms with van der Waals surface area (Å²) in [5.74, 6) is 5.53. The molecular weight excluding hydrogens is 190 g/mol. The van der Waals surface area contributed by atoms with E-state index < -0.39 is 0 Å². The predicted octanol–water partition coefficient (Wildman–Crippen LogP) is 2.11. The molecule has 0 spiro atoms. The molecular formula is C11H17N3O. The van der Waals surface area contributed by atoms with Crippen molar-refractivity contribution in [3.8, 4) is 0 Å². The van der Waals surface area contributed by atoms with Crippen LogP contribution in [0.1, 0.15) is 18.9 Å². The summed E-state index contributed by atoms with van der Waals surface area (Å²) >= 11 is 0. The fourth-order valence-electron chi connectivity index (χ4n) is 1.17. The molecule has 0 bridgehead atoms. The maximum Gasteiger partial charge on any atom is 0.335 e. The van der Waals surface area contributed by atoms with Crippen molar-refractivity contribution in [2.75, 3.05) is 11.9 Å². The number of hydrogen-bond acceptors (Lipinski definition) is 2. The van der Waals surface area contributed by atoms with E-state index in [-0.39, 0.29) is 6.03 Å². The predicted molar refractivity (Wildman–Crippen MR) is 61.4 cm³/mol. The van der Waals surface area contributed by atoms with Crippen molar-refractivity contribution in [2.45, 2.75) is 20.3 Å². The van der Waals surface area contributed by atoms with Crippen LogP contribution in [0.15, 0.2) is 24.3 Å². The van der Waals surface area contributed by atoms with Crippen LogP contribution in [0, 0.1) is 6.92 Å². The lowest BCUT2D eigenvalue weighted by Crippen LogP contribution is -2.41. The van der Waals surface area contributed by atoms with Gasteiger partial charge in [0, 0.05) is 12.2 Å². The Hall–Kier alpha value is -1.55. The summed E-state index contributed by atoms with van der Waals surface area (Å²) in [5, 5.41) is 3.90. The maximum atomic E-state index is 11.5. The van der Waals surface area contributed by atoms with Crippen molar-refractivity contribution in [2.24, 2.45) is 5.84 Å². The van der Waals surface area contributed by atoms with Crippen LogP contribution in [0.2, 0.25) is 0 Å². The van der Waals surface area contributed by atoms with Gasteiger partial charge in [0.2, 0.25) is 0 Å². The van der Waals surface area contributed by atoms with Crippen molar-refractivity contribution < 1.29 is 4.79 Å². The normalized spacial score (nSPS) is 9.80. The van der Waals surface area contributed by atoms with Gasteiger partial charge in [-0.05, 0) is 25.5 Å².